The van der Waals surface area contributed by atoms with Crippen LogP contribution in [-0.4, -0.2) is 34.4 Å². The van der Waals surface area contributed by atoms with E-state index in [-0.39, 0.29) is 18.9 Å². The Hall–Kier alpha value is -2.03. The van der Waals surface area contributed by atoms with Gasteiger partial charge in [0.1, 0.15) is 12.8 Å². The molecule has 1 fully saturated rings. The first-order chi connectivity index (χ1) is 10.3. The van der Waals surface area contributed by atoms with E-state index >= 15 is 0 Å². The smallest absolute Gasteiger partial charge is 0.351 e. The highest BCUT2D eigenvalue weighted by Gasteiger charge is 2.38. The van der Waals surface area contributed by atoms with Crippen LogP contribution in [0.25, 0.3) is 0 Å². The van der Waals surface area contributed by atoms with Gasteiger partial charge in [-0.3, -0.25) is 9.36 Å². The lowest BCUT2D eigenvalue weighted by Gasteiger charge is -2.17. The van der Waals surface area contributed by atoms with Gasteiger partial charge in [0.2, 0.25) is 0 Å². The van der Waals surface area contributed by atoms with Gasteiger partial charge in [-0.2, -0.15) is 4.98 Å². The molecular weight excluding hydrogens is 300 g/mol. The van der Waals surface area contributed by atoms with E-state index in [1.807, 2.05) is 0 Å². The number of anilines is 1. The van der Waals surface area contributed by atoms with E-state index in [9.17, 15) is 18.4 Å². The number of nitrogens with two attached hydrogens (primary N) is 1. The maximum Gasteiger partial charge on any atom is 0.351 e. The molecule has 1 aromatic rings. The van der Waals surface area contributed by atoms with Gasteiger partial charge in [-0.1, -0.05) is 13.8 Å². The Labute approximate surface area is 125 Å². The summed E-state index contributed by atoms with van der Waals surface area (Å²) in [4.78, 5) is 26.3. The number of hydrogen-bond donors (Lipinski definition) is 1. The van der Waals surface area contributed by atoms with Crippen molar-refractivity contribution in [3.63, 3.8) is 0 Å². The van der Waals surface area contributed by atoms with Gasteiger partial charge in [0.25, 0.3) is 0 Å². The number of halogens is 2. The van der Waals surface area contributed by atoms with Crippen molar-refractivity contribution in [1.82, 2.24) is 9.55 Å². The highest BCUT2D eigenvalue weighted by Crippen LogP contribution is 2.30. The number of ether oxygens (including phenoxy) is 2. The molecule has 0 amide bonds. The van der Waals surface area contributed by atoms with E-state index in [0.29, 0.717) is 4.57 Å². The number of rotatable bonds is 4. The summed E-state index contributed by atoms with van der Waals surface area (Å²) in [5.41, 5.74) is 4.26. The molecule has 1 aromatic heterocycles. The zero-order chi connectivity index (χ0) is 16.4. The lowest BCUT2D eigenvalue weighted by Crippen LogP contribution is -2.31. The van der Waals surface area contributed by atoms with Crippen molar-refractivity contribution >= 4 is 11.8 Å². The Balaban J connectivity index is 2.07. The molecule has 0 aliphatic carbocycles. The van der Waals surface area contributed by atoms with Gasteiger partial charge in [-0.05, 0) is 0 Å². The largest absolute Gasteiger partial charge is 0.463 e. The van der Waals surface area contributed by atoms with Crippen molar-refractivity contribution < 1.29 is 23.0 Å². The molecule has 2 N–H and O–H groups in total. The van der Waals surface area contributed by atoms with Gasteiger partial charge in [-0.15, -0.1) is 0 Å². The van der Waals surface area contributed by atoms with Crippen LogP contribution in [0.3, 0.4) is 0 Å². The first kappa shape index (κ1) is 16.3. The van der Waals surface area contributed by atoms with Crippen LogP contribution < -0.4 is 11.4 Å². The fourth-order valence-corrected chi connectivity index (χ4v) is 2.03. The summed E-state index contributed by atoms with van der Waals surface area (Å²) in [6, 6.07) is 0. The second-order valence-corrected chi connectivity index (χ2v) is 5.35. The maximum absolute atomic E-state index is 14.0. The second kappa shape index (κ2) is 6.39. The first-order valence-electron chi connectivity index (χ1n) is 6.80. The summed E-state index contributed by atoms with van der Waals surface area (Å²) < 4.78 is 38.4. The van der Waals surface area contributed by atoms with Crippen molar-refractivity contribution in [3.05, 3.63) is 22.5 Å². The molecule has 3 atom stereocenters. The summed E-state index contributed by atoms with van der Waals surface area (Å²) in [5, 5.41) is 0. The molecule has 1 aliphatic heterocycles. The molecule has 7 nitrogen and oxygen atoms in total. The molecule has 9 heteroatoms. The minimum absolute atomic E-state index is 0.0749. The highest BCUT2D eigenvalue weighted by molar-refractivity contribution is 5.71. The molecule has 0 aromatic carbocycles. The molecule has 22 heavy (non-hydrogen) atoms. The standard InChI is InChI=1S/C13H17F2N3O4/c1-6(2)12(19)21-5-7-3-8(14)11(22-7)18-4-9(15)10(16)17-13(18)20/h4,6-8,11H,3,5H2,1-2H3,(H2,16,17,20). The van der Waals surface area contributed by atoms with E-state index in [1.54, 1.807) is 13.8 Å². The van der Waals surface area contributed by atoms with Crippen molar-refractivity contribution in [2.75, 3.05) is 12.3 Å². The Bertz CT molecular complexity index is 620. The molecule has 1 saturated heterocycles. The van der Waals surface area contributed by atoms with E-state index in [1.165, 1.54) is 0 Å². The van der Waals surface area contributed by atoms with Gasteiger partial charge in [0.05, 0.1) is 18.2 Å². The quantitative estimate of drug-likeness (QED) is 0.825. The lowest BCUT2D eigenvalue weighted by molar-refractivity contribution is -0.152. The number of nitrogens with zero attached hydrogens (tertiary/aromatic N) is 2. The molecule has 0 radical (unpaired) electrons. The van der Waals surface area contributed by atoms with Crippen LogP contribution in [0.1, 0.15) is 26.5 Å². The van der Waals surface area contributed by atoms with Gasteiger partial charge >= 0.3 is 11.7 Å². The summed E-state index contributed by atoms with van der Waals surface area (Å²) in [6.45, 7) is 3.20. The van der Waals surface area contributed by atoms with Crippen LogP contribution in [-0.2, 0) is 14.3 Å². The number of alkyl halides is 1. The molecule has 122 valence electrons. The van der Waals surface area contributed by atoms with E-state index < -0.39 is 41.8 Å². The molecular formula is C13H17F2N3O4. The average molecular weight is 317 g/mol. The van der Waals surface area contributed by atoms with Gasteiger partial charge in [-0.25, -0.2) is 13.6 Å². The predicted octanol–water partition coefficient (Wildman–Crippen LogP) is 0.789. The van der Waals surface area contributed by atoms with Crippen molar-refractivity contribution in [2.45, 2.75) is 38.8 Å². The number of carbonyl (C=O) groups excluding carboxylic acids is 1. The molecule has 3 unspecified atom stereocenters. The van der Waals surface area contributed by atoms with Crippen molar-refractivity contribution in [2.24, 2.45) is 5.92 Å². The number of nitrogen functional groups attached to an aromatic ring is 1. The summed E-state index contributed by atoms with van der Waals surface area (Å²) in [6.07, 6.45) is -2.91. The summed E-state index contributed by atoms with van der Waals surface area (Å²) in [5.74, 6) is -2.24. The lowest BCUT2D eigenvalue weighted by atomic mass is 10.2. The maximum atomic E-state index is 14.0. The molecule has 2 rings (SSSR count). The van der Waals surface area contributed by atoms with E-state index in [0.717, 1.165) is 6.20 Å². The number of hydrogen-bond acceptors (Lipinski definition) is 6. The number of carbonyl (C=O) groups is 1. The first-order valence-corrected chi connectivity index (χ1v) is 6.80. The minimum atomic E-state index is -1.55. The van der Waals surface area contributed by atoms with Gasteiger partial charge < -0.3 is 15.2 Å². The molecule has 1 aliphatic rings. The SMILES string of the molecule is CC(C)C(=O)OCC1CC(F)C(n2cc(F)c(N)nc2=O)O1. The third-order valence-electron chi connectivity index (χ3n) is 3.22. The Morgan fingerprint density at radius 2 is 2.32 bits per heavy atom. The van der Waals surface area contributed by atoms with Crippen molar-refractivity contribution in [3.8, 4) is 0 Å². The monoisotopic (exact) mass is 317 g/mol. The fraction of sp³-hybridized carbons (Fsp3) is 0.615. The van der Waals surface area contributed by atoms with Gasteiger partial charge in [0, 0.05) is 6.42 Å². The van der Waals surface area contributed by atoms with Crippen LogP contribution in [0.15, 0.2) is 11.0 Å². The average Bonchev–Trinajstić information content (AvgIpc) is 2.81. The fourth-order valence-electron chi connectivity index (χ4n) is 2.03. The molecule has 0 saturated carbocycles. The van der Waals surface area contributed by atoms with Crippen LogP contribution >= 0.6 is 0 Å². The van der Waals surface area contributed by atoms with Crippen LogP contribution in [0, 0.1) is 11.7 Å². The Morgan fingerprint density at radius 1 is 1.64 bits per heavy atom. The third-order valence-corrected chi connectivity index (χ3v) is 3.22. The normalized spacial score (nSPS) is 24.7. The van der Waals surface area contributed by atoms with Crippen molar-refractivity contribution in [1.29, 1.82) is 0 Å². The highest BCUT2D eigenvalue weighted by atomic mass is 19.1. The molecule has 2 heterocycles. The summed E-state index contributed by atoms with van der Waals surface area (Å²) >= 11 is 0. The van der Waals surface area contributed by atoms with Crippen LogP contribution in [0.2, 0.25) is 0 Å². The second-order valence-electron chi connectivity index (χ2n) is 5.35. The summed E-state index contributed by atoms with van der Waals surface area (Å²) in [7, 11) is 0. The third kappa shape index (κ3) is 3.41. The molecule has 0 spiro atoms. The van der Waals surface area contributed by atoms with E-state index in [4.69, 9.17) is 15.2 Å². The zero-order valence-electron chi connectivity index (χ0n) is 12.2. The van der Waals surface area contributed by atoms with Crippen LogP contribution in [0.5, 0.6) is 0 Å². The Kier molecular flexibility index (Phi) is 4.74. The topological polar surface area (TPSA) is 96.4 Å². The minimum Gasteiger partial charge on any atom is -0.463 e. The number of esters is 1. The van der Waals surface area contributed by atoms with Crippen LogP contribution in [0.4, 0.5) is 14.6 Å². The number of aromatic nitrogens is 2. The Morgan fingerprint density at radius 3 is 2.95 bits per heavy atom. The van der Waals surface area contributed by atoms with Gasteiger partial charge in [0.15, 0.2) is 17.9 Å². The molecule has 0 bridgehead atoms. The predicted molar refractivity (Wildman–Crippen MR) is 72.1 cm³/mol. The zero-order valence-corrected chi connectivity index (χ0v) is 12.2. The van der Waals surface area contributed by atoms with E-state index in [2.05, 4.69) is 4.98 Å².